The Balaban J connectivity index is 2.39. The molecule has 0 aliphatic carbocycles. The zero-order valence-electron chi connectivity index (χ0n) is 10.6. The molecule has 1 N–H and O–H groups in total. The number of hydrogen-bond acceptors (Lipinski definition) is 2. The van der Waals surface area contributed by atoms with E-state index in [-0.39, 0.29) is 0 Å². The summed E-state index contributed by atoms with van der Waals surface area (Å²) in [7, 11) is 0. The highest BCUT2D eigenvalue weighted by atomic mass is 16.5. The number of fused-ring (bicyclic) bond motifs is 1. The van der Waals surface area contributed by atoms with Crippen LogP contribution in [0.1, 0.15) is 42.1 Å². The first-order valence-corrected chi connectivity index (χ1v) is 6.02. The fourth-order valence-electron chi connectivity index (χ4n) is 2.41. The summed E-state index contributed by atoms with van der Waals surface area (Å²) in [6.45, 7) is 10.3. The standard InChI is InChI=1S/C14H21NO/c1-9(2)15-13-8-16-7-12-6-5-10(3)11(4)14(12)13/h5-6,9,13,15H,7-8H2,1-4H3. The number of hydrogen-bond donors (Lipinski definition) is 1. The molecule has 0 saturated carbocycles. The third-order valence-electron chi connectivity index (χ3n) is 3.30. The van der Waals surface area contributed by atoms with Crippen LogP contribution in [0.5, 0.6) is 0 Å². The maximum absolute atomic E-state index is 5.64. The summed E-state index contributed by atoms with van der Waals surface area (Å²) in [6, 6.07) is 5.23. The second-order valence-electron chi connectivity index (χ2n) is 4.97. The van der Waals surface area contributed by atoms with E-state index in [9.17, 15) is 0 Å². The fraction of sp³-hybridized carbons (Fsp3) is 0.571. The molecule has 0 aromatic heterocycles. The van der Waals surface area contributed by atoms with Crippen LogP contribution in [0.2, 0.25) is 0 Å². The Kier molecular flexibility index (Phi) is 3.31. The zero-order chi connectivity index (χ0) is 11.7. The minimum Gasteiger partial charge on any atom is -0.375 e. The lowest BCUT2D eigenvalue weighted by molar-refractivity contribution is 0.0794. The molecule has 2 rings (SSSR count). The molecule has 2 heteroatoms. The largest absolute Gasteiger partial charge is 0.375 e. The van der Waals surface area contributed by atoms with E-state index in [0.29, 0.717) is 12.1 Å². The van der Waals surface area contributed by atoms with Crippen molar-refractivity contribution in [2.75, 3.05) is 6.61 Å². The van der Waals surface area contributed by atoms with Gasteiger partial charge in [-0.3, -0.25) is 0 Å². The lowest BCUT2D eigenvalue weighted by atomic mass is 9.91. The quantitative estimate of drug-likeness (QED) is 0.826. The highest BCUT2D eigenvalue weighted by Crippen LogP contribution is 2.29. The van der Waals surface area contributed by atoms with Crippen molar-refractivity contribution in [1.29, 1.82) is 0 Å². The number of rotatable bonds is 2. The van der Waals surface area contributed by atoms with Gasteiger partial charge in [0.15, 0.2) is 0 Å². The summed E-state index contributed by atoms with van der Waals surface area (Å²) in [5, 5.41) is 3.58. The van der Waals surface area contributed by atoms with Gasteiger partial charge in [0.25, 0.3) is 0 Å². The minimum absolute atomic E-state index is 0.351. The van der Waals surface area contributed by atoms with E-state index in [4.69, 9.17) is 4.74 Å². The lowest BCUT2D eigenvalue weighted by Gasteiger charge is -2.30. The summed E-state index contributed by atoms with van der Waals surface area (Å²) >= 11 is 0. The Hall–Kier alpha value is -0.860. The number of nitrogens with one attached hydrogen (secondary N) is 1. The first-order valence-electron chi connectivity index (χ1n) is 6.02. The monoisotopic (exact) mass is 219 g/mol. The summed E-state index contributed by atoms with van der Waals surface area (Å²) in [5.74, 6) is 0. The predicted molar refractivity (Wildman–Crippen MR) is 66.6 cm³/mol. The minimum atomic E-state index is 0.351. The van der Waals surface area contributed by atoms with Crippen LogP contribution >= 0.6 is 0 Å². The van der Waals surface area contributed by atoms with E-state index in [1.54, 1.807) is 0 Å². The summed E-state index contributed by atoms with van der Waals surface area (Å²) in [6.07, 6.45) is 0. The molecular formula is C14H21NO. The molecule has 0 radical (unpaired) electrons. The van der Waals surface area contributed by atoms with Gasteiger partial charge in [-0.05, 0) is 36.1 Å². The Labute approximate surface area is 98.0 Å². The van der Waals surface area contributed by atoms with Crippen LogP contribution in [0, 0.1) is 13.8 Å². The molecule has 1 aromatic carbocycles. The average molecular weight is 219 g/mol. The van der Waals surface area contributed by atoms with Gasteiger partial charge in [0.05, 0.1) is 19.3 Å². The summed E-state index contributed by atoms with van der Waals surface area (Å²) in [4.78, 5) is 0. The van der Waals surface area contributed by atoms with Crippen LogP contribution in [0.25, 0.3) is 0 Å². The van der Waals surface area contributed by atoms with Gasteiger partial charge in [0.2, 0.25) is 0 Å². The molecule has 1 atom stereocenters. The molecule has 2 nitrogen and oxygen atoms in total. The van der Waals surface area contributed by atoms with Crippen LogP contribution in [0.4, 0.5) is 0 Å². The molecule has 0 amide bonds. The van der Waals surface area contributed by atoms with Gasteiger partial charge in [-0.15, -0.1) is 0 Å². The Morgan fingerprint density at radius 1 is 1.31 bits per heavy atom. The average Bonchev–Trinajstić information content (AvgIpc) is 2.23. The Morgan fingerprint density at radius 2 is 2.06 bits per heavy atom. The van der Waals surface area contributed by atoms with E-state index < -0.39 is 0 Å². The van der Waals surface area contributed by atoms with E-state index in [1.807, 2.05) is 0 Å². The highest BCUT2D eigenvalue weighted by Gasteiger charge is 2.23. The molecule has 1 unspecified atom stereocenters. The van der Waals surface area contributed by atoms with Gasteiger partial charge >= 0.3 is 0 Å². The van der Waals surface area contributed by atoms with Gasteiger partial charge in [0.1, 0.15) is 0 Å². The molecule has 0 fully saturated rings. The summed E-state index contributed by atoms with van der Waals surface area (Å²) in [5.41, 5.74) is 5.59. The van der Waals surface area contributed by atoms with Crippen molar-refractivity contribution in [2.45, 2.75) is 46.4 Å². The van der Waals surface area contributed by atoms with Gasteiger partial charge in [-0.25, -0.2) is 0 Å². The van der Waals surface area contributed by atoms with Crippen molar-refractivity contribution >= 4 is 0 Å². The zero-order valence-corrected chi connectivity index (χ0v) is 10.6. The molecule has 0 saturated heterocycles. The van der Waals surface area contributed by atoms with Crippen molar-refractivity contribution in [3.63, 3.8) is 0 Å². The van der Waals surface area contributed by atoms with Crippen LogP contribution in [0.3, 0.4) is 0 Å². The van der Waals surface area contributed by atoms with E-state index in [1.165, 1.54) is 22.3 Å². The Morgan fingerprint density at radius 3 is 2.75 bits per heavy atom. The normalized spacial score (nSPS) is 19.9. The fourth-order valence-corrected chi connectivity index (χ4v) is 2.41. The first kappa shape index (κ1) is 11.6. The molecule has 16 heavy (non-hydrogen) atoms. The second-order valence-corrected chi connectivity index (χ2v) is 4.97. The Bertz CT molecular complexity index is 385. The van der Waals surface area contributed by atoms with Crippen molar-refractivity contribution in [3.8, 4) is 0 Å². The van der Waals surface area contributed by atoms with Gasteiger partial charge in [0, 0.05) is 6.04 Å². The maximum atomic E-state index is 5.64. The van der Waals surface area contributed by atoms with Crippen LogP contribution in [0.15, 0.2) is 12.1 Å². The lowest BCUT2D eigenvalue weighted by Crippen LogP contribution is -2.35. The molecule has 1 aromatic rings. The molecule has 1 heterocycles. The van der Waals surface area contributed by atoms with E-state index >= 15 is 0 Å². The number of benzene rings is 1. The molecule has 1 aliphatic rings. The molecule has 0 bridgehead atoms. The molecule has 88 valence electrons. The topological polar surface area (TPSA) is 21.3 Å². The maximum Gasteiger partial charge on any atom is 0.0721 e. The predicted octanol–water partition coefficient (Wildman–Crippen LogP) is 2.87. The van der Waals surface area contributed by atoms with Crippen molar-refractivity contribution in [1.82, 2.24) is 5.32 Å². The van der Waals surface area contributed by atoms with Gasteiger partial charge < -0.3 is 10.1 Å². The SMILES string of the molecule is Cc1ccc2c(c1C)C(NC(C)C)COC2. The van der Waals surface area contributed by atoms with Crippen LogP contribution < -0.4 is 5.32 Å². The van der Waals surface area contributed by atoms with Gasteiger partial charge in [-0.1, -0.05) is 26.0 Å². The first-order chi connectivity index (χ1) is 7.59. The van der Waals surface area contributed by atoms with Crippen molar-refractivity contribution < 1.29 is 4.74 Å². The molecule has 0 spiro atoms. The van der Waals surface area contributed by atoms with E-state index in [2.05, 4.69) is 45.1 Å². The van der Waals surface area contributed by atoms with E-state index in [0.717, 1.165) is 13.2 Å². The van der Waals surface area contributed by atoms with Crippen LogP contribution in [-0.2, 0) is 11.3 Å². The third kappa shape index (κ3) is 2.13. The second kappa shape index (κ2) is 4.56. The number of ether oxygens (including phenoxy) is 1. The highest BCUT2D eigenvalue weighted by molar-refractivity contribution is 5.42. The van der Waals surface area contributed by atoms with Gasteiger partial charge in [-0.2, -0.15) is 0 Å². The van der Waals surface area contributed by atoms with Crippen LogP contribution in [-0.4, -0.2) is 12.6 Å². The van der Waals surface area contributed by atoms with Crippen molar-refractivity contribution in [2.24, 2.45) is 0 Å². The molecular weight excluding hydrogens is 198 g/mol. The smallest absolute Gasteiger partial charge is 0.0721 e. The third-order valence-corrected chi connectivity index (χ3v) is 3.30. The number of aryl methyl sites for hydroxylation is 1. The molecule has 1 aliphatic heterocycles. The van der Waals surface area contributed by atoms with Crippen molar-refractivity contribution in [3.05, 3.63) is 34.4 Å². The summed E-state index contributed by atoms with van der Waals surface area (Å²) < 4.78 is 5.64.